The molecule has 76 valence electrons. The molecular weight excluding hydrogens is 176 g/mol. The Kier molecular flexibility index (Phi) is 2.44. The number of rotatable bonds is 3. The van der Waals surface area contributed by atoms with Gasteiger partial charge in [0.15, 0.2) is 0 Å². The van der Waals surface area contributed by atoms with E-state index in [2.05, 4.69) is 17.4 Å². The molecule has 1 aromatic carbocycles. The zero-order valence-electron chi connectivity index (χ0n) is 8.42. The molecule has 1 aliphatic rings. The standard InChI is InChI=1S/C11H16N2O/c1-14-10-4-2-9(3-5-10)11(8-12)6-7-13-11/h2-5,13H,6-8,12H2,1H3. The lowest BCUT2D eigenvalue weighted by atomic mass is 9.81. The van der Waals surface area contributed by atoms with Gasteiger partial charge in [0.25, 0.3) is 0 Å². The van der Waals surface area contributed by atoms with Crippen LogP contribution in [0, 0.1) is 0 Å². The van der Waals surface area contributed by atoms with Gasteiger partial charge in [-0.05, 0) is 30.7 Å². The molecule has 1 fully saturated rings. The molecule has 0 saturated carbocycles. The van der Waals surface area contributed by atoms with Crippen LogP contribution in [0.15, 0.2) is 24.3 Å². The summed E-state index contributed by atoms with van der Waals surface area (Å²) >= 11 is 0. The summed E-state index contributed by atoms with van der Waals surface area (Å²) in [5, 5.41) is 3.40. The van der Waals surface area contributed by atoms with E-state index in [4.69, 9.17) is 10.5 Å². The van der Waals surface area contributed by atoms with Gasteiger partial charge in [-0.1, -0.05) is 12.1 Å². The molecule has 1 saturated heterocycles. The maximum Gasteiger partial charge on any atom is 0.118 e. The lowest BCUT2D eigenvalue weighted by molar-refractivity contribution is 0.219. The van der Waals surface area contributed by atoms with Gasteiger partial charge in [0.2, 0.25) is 0 Å². The Morgan fingerprint density at radius 3 is 2.43 bits per heavy atom. The zero-order chi connectivity index (χ0) is 10.0. The summed E-state index contributed by atoms with van der Waals surface area (Å²) in [5.41, 5.74) is 7.05. The first kappa shape index (κ1) is 9.49. The van der Waals surface area contributed by atoms with Crippen molar-refractivity contribution < 1.29 is 4.74 Å². The van der Waals surface area contributed by atoms with Gasteiger partial charge in [-0.15, -0.1) is 0 Å². The summed E-state index contributed by atoms with van der Waals surface area (Å²) < 4.78 is 5.12. The minimum atomic E-state index is 0.0201. The maximum absolute atomic E-state index is 5.78. The van der Waals surface area contributed by atoms with E-state index in [0.717, 1.165) is 18.7 Å². The number of nitrogens with one attached hydrogen (secondary N) is 1. The largest absolute Gasteiger partial charge is 0.497 e. The van der Waals surface area contributed by atoms with Gasteiger partial charge in [0, 0.05) is 6.54 Å². The Labute approximate surface area is 84.3 Å². The first-order chi connectivity index (χ1) is 6.80. The Balaban J connectivity index is 2.23. The van der Waals surface area contributed by atoms with Crippen molar-refractivity contribution in [3.63, 3.8) is 0 Å². The summed E-state index contributed by atoms with van der Waals surface area (Å²) in [5.74, 6) is 0.889. The lowest BCUT2D eigenvalue weighted by Gasteiger charge is -2.43. The average molecular weight is 192 g/mol. The minimum absolute atomic E-state index is 0.0201. The molecule has 0 aliphatic carbocycles. The predicted molar refractivity (Wildman–Crippen MR) is 56.3 cm³/mol. The highest BCUT2D eigenvalue weighted by atomic mass is 16.5. The second-order valence-corrected chi connectivity index (χ2v) is 3.69. The normalized spacial score (nSPS) is 25.6. The minimum Gasteiger partial charge on any atom is -0.497 e. The topological polar surface area (TPSA) is 47.3 Å². The van der Waals surface area contributed by atoms with Crippen LogP contribution in [0.25, 0.3) is 0 Å². The summed E-state index contributed by atoms with van der Waals surface area (Å²) in [7, 11) is 1.68. The smallest absolute Gasteiger partial charge is 0.118 e. The van der Waals surface area contributed by atoms with E-state index in [9.17, 15) is 0 Å². The highest BCUT2D eigenvalue weighted by Crippen LogP contribution is 2.30. The van der Waals surface area contributed by atoms with Crippen molar-refractivity contribution in [2.45, 2.75) is 12.0 Å². The van der Waals surface area contributed by atoms with Crippen molar-refractivity contribution in [2.75, 3.05) is 20.2 Å². The van der Waals surface area contributed by atoms with Gasteiger partial charge in [-0.2, -0.15) is 0 Å². The summed E-state index contributed by atoms with van der Waals surface area (Å²) in [6.07, 6.45) is 1.12. The van der Waals surface area contributed by atoms with Gasteiger partial charge >= 0.3 is 0 Å². The number of ether oxygens (including phenoxy) is 1. The van der Waals surface area contributed by atoms with Crippen LogP contribution < -0.4 is 15.8 Å². The van der Waals surface area contributed by atoms with Crippen molar-refractivity contribution in [1.29, 1.82) is 0 Å². The van der Waals surface area contributed by atoms with Crippen molar-refractivity contribution in [3.05, 3.63) is 29.8 Å². The van der Waals surface area contributed by atoms with Crippen molar-refractivity contribution in [1.82, 2.24) is 5.32 Å². The molecule has 0 aromatic heterocycles. The van der Waals surface area contributed by atoms with Crippen molar-refractivity contribution in [2.24, 2.45) is 5.73 Å². The number of hydrogen-bond donors (Lipinski definition) is 2. The summed E-state index contributed by atoms with van der Waals surface area (Å²) in [6, 6.07) is 8.12. The number of nitrogens with two attached hydrogens (primary N) is 1. The SMILES string of the molecule is COc1ccc(C2(CN)CCN2)cc1. The maximum atomic E-state index is 5.78. The molecule has 0 radical (unpaired) electrons. The van der Waals surface area contributed by atoms with Crippen LogP contribution in [0.1, 0.15) is 12.0 Å². The van der Waals surface area contributed by atoms with Crippen molar-refractivity contribution in [3.8, 4) is 5.75 Å². The molecule has 0 bridgehead atoms. The van der Waals surface area contributed by atoms with Crippen LogP contribution in [0.4, 0.5) is 0 Å². The van der Waals surface area contributed by atoms with E-state index in [0.29, 0.717) is 6.54 Å². The zero-order valence-corrected chi connectivity index (χ0v) is 8.42. The molecule has 0 amide bonds. The molecule has 1 aromatic rings. The molecule has 3 heteroatoms. The van der Waals surface area contributed by atoms with Crippen LogP contribution in [-0.2, 0) is 5.54 Å². The third-order valence-electron chi connectivity index (χ3n) is 3.01. The fourth-order valence-electron chi connectivity index (χ4n) is 1.88. The second-order valence-electron chi connectivity index (χ2n) is 3.69. The molecular formula is C11H16N2O. The van der Waals surface area contributed by atoms with Crippen LogP contribution in [-0.4, -0.2) is 20.2 Å². The van der Waals surface area contributed by atoms with Crippen LogP contribution in [0.5, 0.6) is 5.75 Å². The molecule has 1 unspecified atom stereocenters. The first-order valence-corrected chi connectivity index (χ1v) is 4.90. The molecule has 14 heavy (non-hydrogen) atoms. The molecule has 2 rings (SSSR count). The van der Waals surface area contributed by atoms with Gasteiger partial charge < -0.3 is 15.8 Å². The molecule has 0 spiro atoms. The van der Waals surface area contributed by atoms with E-state index in [1.807, 2.05) is 12.1 Å². The molecule has 1 aliphatic heterocycles. The van der Waals surface area contributed by atoms with Gasteiger partial charge in [0.1, 0.15) is 5.75 Å². The van der Waals surface area contributed by atoms with Crippen LogP contribution >= 0.6 is 0 Å². The van der Waals surface area contributed by atoms with E-state index in [-0.39, 0.29) is 5.54 Å². The Hall–Kier alpha value is -1.06. The average Bonchev–Trinajstić information content (AvgIpc) is 2.18. The van der Waals surface area contributed by atoms with E-state index in [1.54, 1.807) is 7.11 Å². The van der Waals surface area contributed by atoms with E-state index < -0.39 is 0 Å². The lowest BCUT2D eigenvalue weighted by Crippen LogP contribution is -2.58. The first-order valence-electron chi connectivity index (χ1n) is 4.90. The fraction of sp³-hybridized carbons (Fsp3) is 0.455. The van der Waals surface area contributed by atoms with Crippen LogP contribution in [0.3, 0.4) is 0 Å². The van der Waals surface area contributed by atoms with Gasteiger partial charge in [-0.3, -0.25) is 0 Å². The second kappa shape index (κ2) is 3.59. The van der Waals surface area contributed by atoms with Gasteiger partial charge in [-0.25, -0.2) is 0 Å². The molecule has 1 heterocycles. The van der Waals surface area contributed by atoms with Gasteiger partial charge in [0.05, 0.1) is 12.6 Å². The fourth-order valence-corrected chi connectivity index (χ4v) is 1.88. The van der Waals surface area contributed by atoms with E-state index >= 15 is 0 Å². The molecule has 3 nitrogen and oxygen atoms in total. The Bertz CT molecular complexity index is 298. The highest BCUT2D eigenvalue weighted by molar-refractivity contribution is 5.33. The number of benzene rings is 1. The monoisotopic (exact) mass is 192 g/mol. The number of methoxy groups -OCH3 is 1. The predicted octanol–water partition coefficient (Wildman–Crippen LogP) is 0.843. The Morgan fingerprint density at radius 1 is 1.43 bits per heavy atom. The summed E-state index contributed by atoms with van der Waals surface area (Å²) in [6.45, 7) is 1.71. The van der Waals surface area contributed by atoms with E-state index in [1.165, 1.54) is 5.56 Å². The third kappa shape index (κ3) is 1.38. The van der Waals surface area contributed by atoms with Crippen LogP contribution in [0.2, 0.25) is 0 Å². The highest BCUT2D eigenvalue weighted by Gasteiger charge is 2.36. The quantitative estimate of drug-likeness (QED) is 0.746. The molecule has 1 atom stereocenters. The molecule has 3 N–H and O–H groups in total. The Morgan fingerprint density at radius 2 is 2.07 bits per heavy atom. The third-order valence-corrected chi connectivity index (χ3v) is 3.01. The number of hydrogen-bond acceptors (Lipinski definition) is 3. The summed E-state index contributed by atoms with van der Waals surface area (Å²) in [4.78, 5) is 0. The van der Waals surface area contributed by atoms with Crippen molar-refractivity contribution >= 4 is 0 Å².